The molecule has 1 amide bonds. The van der Waals surface area contributed by atoms with Gasteiger partial charge in [-0.05, 0) is 48.6 Å². The van der Waals surface area contributed by atoms with Gasteiger partial charge >= 0.3 is 0 Å². The van der Waals surface area contributed by atoms with Gasteiger partial charge in [-0.15, -0.1) is 0 Å². The SMILES string of the molecule is COc1cc(C(=O)N(Cc2ccncc2)C2CC2)cc(Cl)c1OCC(C)C. The van der Waals surface area contributed by atoms with Gasteiger partial charge in [0.15, 0.2) is 11.5 Å². The zero-order chi connectivity index (χ0) is 19.4. The van der Waals surface area contributed by atoms with Crippen LogP contribution < -0.4 is 9.47 Å². The Kier molecular flexibility index (Phi) is 6.22. The number of hydrogen-bond donors (Lipinski definition) is 0. The van der Waals surface area contributed by atoms with Crippen LogP contribution in [0.4, 0.5) is 0 Å². The molecule has 1 heterocycles. The molecule has 1 aliphatic carbocycles. The van der Waals surface area contributed by atoms with Crippen LogP contribution in [0.2, 0.25) is 5.02 Å². The lowest BCUT2D eigenvalue weighted by Crippen LogP contribution is -2.32. The van der Waals surface area contributed by atoms with Crippen molar-refractivity contribution >= 4 is 17.5 Å². The minimum atomic E-state index is -0.0510. The number of halogens is 1. The minimum absolute atomic E-state index is 0.0510. The Balaban J connectivity index is 1.85. The van der Waals surface area contributed by atoms with Crippen molar-refractivity contribution in [1.29, 1.82) is 0 Å². The van der Waals surface area contributed by atoms with Gasteiger partial charge in [-0.3, -0.25) is 9.78 Å². The number of amides is 1. The van der Waals surface area contributed by atoms with E-state index in [1.165, 1.54) is 0 Å². The quantitative estimate of drug-likeness (QED) is 0.664. The van der Waals surface area contributed by atoms with Crippen molar-refractivity contribution in [3.8, 4) is 11.5 Å². The van der Waals surface area contributed by atoms with Gasteiger partial charge in [0.2, 0.25) is 0 Å². The molecule has 27 heavy (non-hydrogen) atoms. The van der Waals surface area contributed by atoms with Gasteiger partial charge in [0.1, 0.15) is 0 Å². The van der Waals surface area contributed by atoms with Crippen LogP contribution in [0.3, 0.4) is 0 Å². The third kappa shape index (κ3) is 4.92. The molecule has 3 rings (SSSR count). The molecule has 1 aromatic heterocycles. The number of carbonyl (C=O) groups excluding carboxylic acids is 1. The van der Waals surface area contributed by atoms with E-state index in [0.29, 0.717) is 41.2 Å². The van der Waals surface area contributed by atoms with Gasteiger partial charge in [-0.2, -0.15) is 0 Å². The molecule has 1 fully saturated rings. The average molecular weight is 389 g/mol. The summed E-state index contributed by atoms with van der Waals surface area (Å²) < 4.78 is 11.2. The highest BCUT2D eigenvalue weighted by Gasteiger charge is 2.33. The van der Waals surface area contributed by atoms with Gasteiger partial charge in [0.05, 0.1) is 18.7 Å². The zero-order valence-corrected chi connectivity index (χ0v) is 16.7. The summed E-state index contributed by atoms with van der Waals surface area (Å²) in [5, 5.41) is 0.387. The van der Waals surface area contributed by atoms with E-state index in [9.17, 15) is 4.79 Å². The Morgan fingerprint density at radius 2 is 2.00 bits per heavy atom. The summed E-state index contributed by atoms with van der Waals surface area (Å²) in [6, 6.07) is 7.51. The normalized spacial score (nSPS) is 13.5. The van der Waals surface area contributed by atoms with Gasteiger partial charge in [-0.1, -0.05) is 25.4 Å². The third-order valence-corrected chi connectivity index (χ3v) is 4.67. The Bertz CT molecular complexity index is 792. The number of nitrogens with zero attached hydrogens (tertiary/aromatic N) is 2. The number of rotatable bonds is 8. The molecule has 1 saturated carbocycles. The molecule has 6 heteroatoms. The molecule has 1 aliphatic rings. The number of aromatic nitrogens is 1. The van der Waals surface area contributed by atoms with Crippen molar-refractivity contribution in [3.05, 3.63) is 52.8 Å². The summed E-state index contributed by atoms with van der Waals surface area (Å²) in [7, 11) is 1.55. The molecular formula is C21H25ClN2O3. The third-order valence-electron chi connectivity index (χ3n) is 4.39. The van der Waals surface area contributed by atoms with Crippen molar-refractivity contribution in [2.24, 2.45) is 5.92 Å². The van der Waals surface area contributed by atoms with Gasteiger partial charge in [-0.25, -0.2) is 0 Å². The van der Waals surface area contributed by atoms with Crippen LogP contribution in [-0.4, -0.2) is 35.5 Å². The number of benzene rings is 1. The largest absolute Gasteiger partial charge is 0.493 e. The summed E-state index contributed by atoms with van der Waals surface area (Å²) in [6.45, 7) is 5.20. The van der Waals surface area contributed by atoms with Crippen LogP contribution in [0, 0.1) is 5.92 Å². The molecule has 0 N–H and O–H groups in total. The van der Waals surface area contributed by atoms with Gasteiger partial charge < -0.3 is 14.4 Å². The van der Waals surface area contributed by atoms with Crippen molar-refractivity contribution in [2.45, 2.75) is 39.3 Å². The second kappa shape index (κ2) is 8.61. The number of pyridine rings is 1. The lowest BCUT2D eigenvalue weighted by molar-refractivity contribution is 0.0729. The zero-order valence-electron chi connectivity index (χ0n) is 15.9. The second-order valence-corrected chi connectivity index (χ2v) is 7.62. The van der Waals surface area contributed by atoms with E-state index in [2.05, 4.69) is 18.8 Å². The molecule has 0 saturated heterocycles. The monoisotopic (exact) mass is 388 g/mol. The van der Waals surface area contributed by atoms with E-state index in [4.69, 9.17) is 21.1 Å². The van der Waals surface area contributed by atoms with Crippen LogP contribution in [-0.2, 0) is 6.54 Å². The predicted octanol–water partition coefficient (Wildman–Crippen LogP) is 4.58. The number of methoxy groups -OCH3 is 1. The summed E-state index contributed by atoms with van der Waals surface area (Å²) in [5.74, 6) is 1.27. The first-order valence-corrected chi connectivity index (χ1v) is 9.57. The minimum Gasteiger partial charge on any atom is -0.493 e. The molecule has 1 aromatic carbocycles. The number of carbonyl (C=O) groups is 1. The Morgan fingerprint density at radius 3 is 2.59 bits per heavy atom. The maximum Gasteiger partial charge on any atom is 0.254 e. The number of ether oxygens (including phenoxy) is 2. The van der Waals surface area contributed by atoms with E-state index in [1.54, 1.807) is 31.6 Å². The van der Waals surface area contributed by atoms with Crippen LogP contribution >= 0.6 is 11.6 Å². The van der Waals surface area contributed by atoms with Crippen molar-refractivity contribution in [1.82, 2.24) is 9.88 Å². The summed E-state index contributed by atoms with van der Waals surface area (Å²) in [5.41, 5.74) is 1.56. The van der Waals surface area contributed by atoms with Gasteiger partial charge in [0.25, 0.3) is 5.91 Å². The standard InChI is InChI=1S/C21H25ClN2O3/c1-14(2)13-27-20-18(22)10-16(11-19(20)26-3)21(25)24(17-4-5-17)12-15-6-8-23-9-7-15/h6-11,14,17H,4-5,12-13H2,1-3H3. The van der Waals surface area contributed by atoms with Crippen LogP contribution in [0.15, 0.2) is 36.7 Å². The van der Waals surface area contributed by atoms with E-state index >= 15 is 0 Å². The van der Waals surface area contributed by atoms with Crippen LogP contribution in [0.1, 0.15) is 42.6 Å². The second-order valence-electron chi connectivity index (χ2n) is 7.21. The Hall–Kier alpha value is -2.27. The van der Waals surface area contributed by atoms with E-state index in [0.717, 1.165) is 18.4 Å². The van der Waals surface area contributed by atoms with Crippen LogP contribution in [0.25, 0.3) is 0 Å². The lowest BCUT2D eigenvalue weighted by Gasteiger charge is -2.23. The van der Waals surface area contributed by atoms with Crippen molar-refractivity contribution < 1.29 is 14.3 Å². The predicted molar refractivity (Wildman–Crippen MR) is 105 cm³/mol. The molecule has 0 spiro atoms. The molecule has 5 nitrogen and oxygen atoms in total. The Labute approximate surface area is 165 Å². The Morgan fingerprint density at radius 1 is 1.30 bits per heavy atom. The smallest absolute Gasteiger partial charge is 0.254 e. The summed E-state index contributed by atoms with van der Waals surface area (Å²) in [4.78, 5) is 19.1. The highest BCUT2D eigenvalue weighted by Crippen LogP contribution is 2.38. The first-order chi connectivity index (χ1) is 13.0. The van der Waals surface area contributed by atoms with Crippen molar-refractivity contribution in [3.63, 3.8) is 0 Å². The molecule has 144 valence electrons. The fourth-order valence-electron chi connectivity index (χ4n) is 2.84. The maximum atomic E-state index is 13.2. The molecule has 0 radical (unpaired) electrons. The highest BCUT2D eigenvalue weighted by atomic mass is 35.5. The molecule has 0 aliphatic heterocycles. The van der Waals surface area contributed by atoms with E-state index in [1.807, 2.05) is 17.0 Å². The summed E-state index contributed by atoms with van der Waals surface area (Å²) in [6.07, 6.45) is 5.53. The fourth-order valence-corrected chi connectivity index (χ4v) is 3.10. The molecule has 0 unspecified atom stereocenters. The maximum absolute atomic E-state index is 13.2. The van der Waals surface area contributed by atoms with E-state index in [-0.39, 0.29) is 11.9 Å². The highest BCUT2D eigenvalue weighted by molar-refractivity contribution is 6.32. The first kappa shape index (κ1) is 19.5. The van der Waals surface area contributed by atoms with Crippen molar-refractivity contribution in [2.75, 3.05) is 13.7 Å². The molecule has 2 aromatic rings. The topological polar surface area (TPSA) is 51.7 Å². The molecule has 0 atom stereocenters. The van der Waals surface area contributed by atoms with Gasteiger partial charge in [0, 0.05) is 30.5 Å². The lowest BCUT2D eigenvalue weighted by atomic mass is 10.1. The van der Waals surface area contributed by atoms with Crippen LogP contribution in [0.5, 0.6) is 11.5 Å². The summed E-state index contributed by atoms with van der Waals surface area (Å²) >= 11 is 6.42. The molecular weight excluding hydrogens is 364 g/mol. The molecule has 0 bridgehead atoms. The fraction of sp³-hybridized carbons (Fsp3) is 0.429. The average Bonchev–Trinajstić information content (AvgIpc) is 3.49. The number of hydrogen-bond acceptors (Lipinski definition) is 4. The first-order valence-electron chi connectivity index (χ1n) is 9.19. The van der Waals surface area contributed by atoms with E-state index < -0.39 is 0 Å².